The molecule has 0 fully saturated rings. The average molecular weight is 354 g/mol. The Morgan fingerprint density at radius 3 is 2.57 bits per heavy atom. The second kappa shape index (κ2) is 8.09. The second-order valence-corrected chi connectivity index (χ2v) is 5.67. The number of amides is 1. The maximum Gasteiger partial charge on any atom is 0.251 e. The lowest BCUT2D eigenvalue weighted by Crippen LogP contribution is -2.25. The van der Waals surface area contributed by atoms with E-state index in [4.69, 9.17) is 32.7 Å². The van der Waals surface area contributed by atoms with Crippen LogP contribution in [0.5, 0.6) is 11.5 Å². The number of benzene rings is 2. The van der Waals surface area contributed by atoms with Gasteiger partial charge in [-0.05, 0) is 36.2 Å². The summed E-state index contributed by atoms with van der Waals surface area (Å²) in [4.78, 5) is 12.2. The SMILES string of the molecule is COc1cc(C(=O)NCCc2cccc(Cl)c2)cc(Cl)c1OC. The van der Waals surface area contributed by atoms with Gasteiger partial charge in [0.1, 0.15) is 0 Å². The minimum atomic E-state index is -0.227. The maximum atomic E-state index is 12.2. The van der Waals surface area contributed by atoms with Gasteiger partial charge < -0.3 is 14.8 Å². The van der Waals surface area contributed by atoms with Crippen LogP contribution in [-0.2, 0) is 6.42 Å². The first kappa shape index (κ1) is 17.4. The summed E-state index contributed by atoms with van der Waals surface area (Å²) in [7, 11) is 2.99. The highest BCUT2D eigenvalue weighted by molar-refractivity contribution is 6.32. The summed E-state index contributed by atoms with van der Waals surface area (Å²) in [6.45, 7) is 0.491. The molecule has 0 saturated carbocycles. The Labute approximate surface area is 145 Å². The van der Waals surface area contributed by atoms with E-state index in [1.807, 2.05) is 24.3 Å². The summed E-state index contributed by atoms with van der Waals surface area (Å²) in [5.41, 5.74) is 1.47. The van der Waals surface area contributed by atoms with Gasteiger partial charge in [-0.25, -0.2) is 0 Å². The fraction of sp³-hybridized carbons (Fsp3) is 0.235. The minimum absolute atomic E-state index is 0.227. The van der Waals surface area contributed by atoms with E-state index in [9.17, 15) is 4.79 Å². The number of carbonyl (C=O) groups is 1. The first-order valence-electron chi connectivity index (χ1n) is 6.99. The van der Waals surface area contributed by atoms with Crippen LogP contribution in [0.3, 0.4) is 0 Å². The van der Waals surface area contributed by atoms with Crippen LogP contribution in [0.4, 0.5) is 0 Å². The van der Waals surface area contributed by atoms with Gasteiger partial charge in [0.25, 0.3) is 5.91 Å². The van der Waals surface area contributed by atoms with Gasteiger partial charge in [0.05, 0.1) is 19.2 Å². The predicted octanol–water partition coefficient (Wildman–Crippen LogP) is 3.98. The van der Waals surface area contributed by atoms with Gasteiger partial charge in [0.15, 0.2) is 11.5 Å². The standard InChI is InChI=1S/C17H17Cl2NO3/c1-22-15-10-12(9-14(19)16(15)23-2)17(21)20-7-6-11-4-3-5-13(18)8-11/h3-5,8-10H,6-7H2,1-2H3,(H,20,21). The number of nitrogens with one attached hydrogen (secondary N) is 1. The number of methoxy groups -OCH3 is 2. The quantitative estimate of drug-likeness (QED) is 0.854. The zero-order valence-corrected chi connectivity index (χ0v) is 14.4. The normalized spacial score (nSPS) is 10.3. The molecule has 2 aromatic carbocycles. The number of hydrogen-bond acceptors (Lipinski definition) is 3. The number of rotatable bonds is 6. The van der Waals surface area contributed by atoms with Crippen molar-refractivity contribution < 1.29 is 14.3 Å². The topological polar surface area (TPSA) is 47.6 Å². The fourth-order valence-electron chi connectivity index (χ4n) is 2.16. The Kier molecular flexibility index (Phi) is 6.13. The molecule has 6 heteroatoms. The van der Waals surface area contributed by atoms with Gasteiger partial charge in [-0.1, -0.05) is 35.3 Å². The smallest absolute Gasteiger partial charge is 0.251 e. The summed E-state index contributed by atoms with van der Waals surface area (Å²) < 4.78 is 10.3. The molecule has 0 aliphatic carbocycles. The summed E-state index contributed by atoms with van der Waals surface area (Å²) in [6, 6.07) is 10.7. The van der Waals surface area contributed by atoms with Crippen molar-refractivity contribution >= 4 is 29.1 Å². The maximum absolute atomic E-state index is 12.2. The molecule has 2 rings (SSSR count). The molecule has 0 unspecified atom stereocenters. The lowest BCUT2D eigenvalue weighted by molar-refractivity contribution is 0.0953. The molecular formula is C17H17Cl2NO3. The highest BCUT2D eigenvalue weighted by Gasteiger charge is 2.14. The monoisotopic (exact) mass is 353 g/mol. The minimum Gasteiger partial charge on any atom is -0.493 e. The van der Waals surface area contributed by atoms with Gasteiger partial charge in [-0.3, -0.25) is 4.79 Å². The Morgan fingerprint density at radius 2 is 1.91 bits per heavy atom. The van der Waals surface area contributed by atoms with Gasteiger partial charge in [-0.2, -0.15) is 0 Å². The summed E-state index contributed by atoms with van der Waals surface area (Å²) in [5.74, 6) is 0.597. The fourth-order valence-corrected chi connectivity index (χ4v) is 2.66. The van der Waals surface area contributed by atoms with Gasteiger partial charge in [-0.15, -0.1) is 0 Å². The first-order valence-corrected chi connectivity index (χ1v) is 7.75. The van der Waals surface area contributed by atoms with Gasteiger partial charge in [0, 0.05) is 17.1 Å². The van der Waals surface area contributed by atoms with Crippen molar-refractivity contribution in [2.75, 3.05) is 20.8 Å². The van der Waals surface area contributed by atoms with E-state index >= 15 is 0 Å². The number of halogens is 2. The van der Waals surface area contributed by atoms with Crippen LogP contribution in [-0.4, -0.2) is 26.7 Å². The Balaban J connectivity index is 2.02. The number of hydrogen-bond donors (Lipinski definition) is 1. The van der Waals surface area contributed by atoms with Gasteiger partial charge in [0.2, 0.25) is 0 Å². The number of ether oxygens (including phenoxy) is 2. The van der Waals surface area contributed by atoms with Crippen LogP contribution < -0.4 is 14.8 Å². The average Bonchev–Trinajstić information content (AvgIpc) is 2.54. The molecule has 23 heavy (non-hydrogen) atoms. The molecule has 0 bridgehead atoms. The van der Waals surface area contributed by atoms with E-state index in [1.54, 1.807) is 12.1 Å². The molecule has 2 aromatic rings. The van der Waals surface area contributed by atoms with Crippen molar-refractivity contribution in [3.63, 3.8) is 0 Å². The van der Waals surface area contributed by atoms with Crippen molar-refractivity contribution in [3.05, 3.63) is 57.6 Å². The highest BCUT2D eigenvalue weighted by atomic mass is 35.5. The third kappa shape index (κ3) is 4.53. The van der Waals surface area contributed by atoms with E-state index < -0.39 is 0 Å². The van der Waals surface area contributed by atoms with Crippen LogP contribution in [0.15, 0.2) is 36.4 Å². The van der Waals surface area contributed by atoms with Crippen LogP contribution in [0, 0.1) is 0 Å². The Hall–Kier alpha value is -1.91. The molecule has 1 N–H and O–H groups in total. The van der Waals surface area contributed by atoms with Crippen molar-refractivity contribution in [2.24, 2.45) is 0 Å². The number of carbonyl (C=O) groups excluding carboxylic acids is 1. The summed E-state index contributed by atoms with van der Waals surface area (Å²) in [6.07, 6.45) is 0.688. The van der Waals surface area contributed by atoms with Crippen LogP contribution >= 0.6 is 23.2 Å². The summed E-state index contributed by atoms with van der Waals surface area (Å²) >= 11 is 12.0. The second-order valence-electron chi connectivity index (χ2n) is 4.83. The Bertz CT molecular complexity index is 704. The Morgan fingerprint density at radius 1 is 1.13 bits per heavy atom. The lowest BCUT2D eigenvalue weighted by atomic mass is 10.1. The molecule has 0 heterocycles. The third-order valence-electron chi connectivity index (χ3n) is 3.28. The zero-order chi connectivity index (χ0) is 16.8. The van der Waals surface area contributed by atoms with E-state index in [-0.39, 0.29) is 5.91 Å². The van der Waals surface area contributed by atoms with Crippen LogP contribution in [0.25, 0.3) is 0 Å². The van der Waals surface area contributed by atoms with Crippen LogP contribution in [0.2, 0.25) is 10.0 Å². The first-order chi connectivity index (χ1) is 11.0. The zero-order valence-electron chi connectivity index (χ0n) is 12.9. The summed E-state index contributed by atoms with van der Waals surface area (Å²) in [5, 5.41) is 3.85. The molecule has 0 saturated heterocycles. The molecule has 1 amide bonds. The molecule has 0 aliphatic rings. The highest BCUT2D eigenvalue weighted by Crippen LogP contribution is 2.35. The third-order valence-corrected chi connectivity index (χ3v) is 3.80. The van der Waals surface area contributed by atoms with E-state index in [0.717, 1.165) is 5.56 Å². The molecule has 0 aliphatic heterocycles. The van der Waals surface area contributed by atoms with Crippen molar-refractivity contribution in [1.29, 1.82) is 0 Å². The van der Waals surface area contributed by atoms with Crippen LogP contribution in [0.1, 0.15) is 15.9 Å². The van der Waals surface area contributed by atoms with Crippen molar-refractivity contribution in [2.45, 2.75) is 6.42 Å². The molecule has 122 valence electrons. The lowest BCUT2D eigenvalue weighted by Gasteiger charge is -2.12. The molecule has 0 aromatic heterocycles. The van der Waals surface area contributed by atoms with E-state index in [2.05, 4.69) is 5.32 Å². The molecular weight excluding hydrogens is 337 g/mol. The molecule has 0 atom stereocenters. The van der Waals surface area contributed by atoms with Crippen molar-refractivity contribution in [1.82, 2.24) is 5.32 Å². The molecule has 4 nitrogen and oxygen atoms in total. The van der Waals surface area contributed by atoms with Gasteiger partial charge >= 0.3 is 0 Å². The molecule has 0 radical (unpaired) electrons. The predicted molar refractivity (Wildman–Crippen MR) is 92.0 cm³/mol. The molecule has 0 spiro atoms. The van der Waals surface area contributed by atoms with Crippen molar-refractivity contribution in [3.8, 4) is 11.5 Å². The van der Waals surface area contributed by atoms with E-state index in [0.29, 0.717) is 40.1 Å². The largest absolute Gasteiger partial charge is 0.493 e. The van der Waals surface area contributed by atoms with E-state index in [1.165, 1.54) is 14.2 Å².